The Bertz CT molecular complexity index is 552. The summed E-state index contributed by atoms with van der Waals surface area (Å²) < 4.78 is 1.70. The molecule has 2 aromatic rings. The number of amides is 1. The molecule has 0 atom stereocenters. The minimum Gasteiger partial charge on any atom is -0.356 e. The lowest BCUT2D eigenvalue weighted by molar-refractivity contribution is -0.120. The van der Waals surface area contributed by atoms with Crippen LogP contribution in [0.5, 0.6) is 0 Å². The second-order valence-corrected chi connectivity index (χ2v) is 4.93. The van der Waals surface area contributed by atoms with Gasteiger partial charge in [0.25, 0.3) is 0 Å². The Morgan fingerprint density at radius 2 is 2.10 bits per heavy atom. The maximum Gasteiger partial charge on any atom is 0.227 e. The molecule has 1 N–H and O–H groups in total. The van der Waals surface area contributed by atoms with Crippen molar-refractivity contribution >= 4 is 5.91 Å². The Hall–Kier alpha value is -2.24. The van der Waals surface area contributed by atoms with Crippen molar-refractivity contribution in [3.05, 3.63) is 41.7 Å². The highest BCUT2D eigenvalue weighted by Crippen LogP contribution is 2.02. The van der Waals surface area contributed by atoms with Gasteiger partial charge in [-0.25, -0.2) is 4.68 Å². The summed E-state index contributed by atoms with van der Waals surface area (Å²) in [5, 5.41) is 14.4. The summed E-state index contributed by atoms with van der Waals surface area (Å²) >= 11 is 0. The zero-order valence-electron chi connectivity index (χ0n) is 12.3. The van der Waals surface area contributed by atoms with Gasteiger partial charge >= 0.3 is 0 Å². The first-order valence-electron chi connectivity index (χ1n) is 7.35. The fraction of sp³-hybridized carbons (Fsp3) is 0.467. The van der Waals surface area contributed by atoms with Crippen LogP contribution in [0.2, 0.25) is 0 Å². The van der Waals surface area contributed by atoms with Crippen molar-refractivity contribution in [1.82, 2.24) is 25.5 Å². The Labute approximate surface area is 124 Å². The van der Waals surface area contributed by atoms with E-state index in [4.69, 9.17) is 0 Å². The van der Waals surface area contributed by atoms with E-state index in [-0.39, 0.29) is 12.3 Å². The first-order valence-corrected chi connectivity index (χ1v) is 7.35. The molecule has 6 nitrogen and oxygen atoms in total. The quantitative estimate of drug-likeness (QED) is 0.744. The van der Waals surface area contributed by atoms with Crippen LogP contribution in [-0.2, 0) is 24.2 Å². The average molecular weight is 287 g/mol. The van der Waals surface area contributed by atoms with E-state index in [1.165, 1.54) is 5.56 Å². The maximum absolute atomic E-state index is 11.8. The van der Waals surface area contributed by atoms with Crippen LogP contribution in [0, 0.1) is 0 Å². The van der Waals surface area contributed by atoms with Crippen molar-refractivity contribution in [3.63, 3.8) is 0 Å². The molecular formula is C15H21N5O. The molecule has 0 unspecified atom stereocenters. The lowest BCUT2D eigenvalue weighted by atomic mass is 10.1. The molecule has 0 aliphatic rings. The van der Waals surface area contributed by atoms with Crippen LogP contribution in [-0.4, -0.2) is 32.7 Å². The van der Waals surface area contributed by atoms with Gasteiger partial charge in [0.2, 0.25) is 5.91 Å². The fourth-order valence-electron chi connectivity index (χ4n) is 2.01. The zero-order chi connectivity index (χ0) is 14.9. The smallest absolute Gasteiger partial charge is 0.227 e. The summed E-state index contributed by atoms with van der Waals surface area (Å²) in [4.78, 5) is 11.8. The Kier molecular flexibility index (Phi) is 5.87. The summed E-state index contributed by atoms with van der Waals surface area (Å²) in [6, 6.07) is 10.2. The molecule has 1 heterocycles. The zero-order valence-corrected chi connectivity index (χ0v) is 12.3. The molecule has 0 saturated heterocycles. The van der Waals surface area contributed by atoms with Crippen molar-refractivity contribution in [3.8, 4) is 0 Å². The summed E-state index contributed by atoms with van der Waals surface area (Å²) in [6.45, 7) is 3.48. The molecule has 21 heavy (non-hydrogen) atoms. The monoisotopic (exact) mass is 287 g/mol. The summed E-state index contributed by atoms with van der Waals surface area (Å²) in [5.41, 5.74) is 1.23. The van der Waals surface area contributed by atoms with Crippen molar-refractivity contribution in [2.45, 2.75) is 39.2 Å². The van der Waals surface area contributed by atoms with Gasteiger partial charge in [0.15, 0.2) is 5.82 Å². The van der Waals surface area contributed by atoms with Gasteiger partial charge in [-0.15, -0.1) is 5.10 Å². The van der Waals surface area contributed by atoms with Gasteiger partial charge in [-0.1, -0.05) is 43.7 Å². The third kappa shape index (κ3) is 4.98. The van der Waals surface area contributed by atoms with Gasteiger partial charge in [0.05, 0.1) is 6.42 Å². The van der Waals surface area contributed by atoms with E-state index in [2.05, 4.69) is 39.9 Å². The molecule has 6 heteroatoms. The Balaban J connectivity index is 1.85. The predicted octanol–water partition coefficient (Wildman–Crippen LogP) is 1.37. The number of nitrogens with zero attached hydrogens (tertiary/aromatic N) is 4. The van der Waals surface area contributed by atoms with Crippen LogP contribution in [0.15, 0.2) is 30.3 Å². The SMILES string of the molecule is CCCCNC(=O)Cc1nnnn1CCc1ccccc1. The Morgan fingerprint density at radius 3 is 2.86 bits per heavy atom. The molecule has 1 aromatic heterocycles. The number of nitrogens with one attached hydrogen (secondary N) is 1. The number of aromatic nitrogens is 4. The van der Waals surface area contributed by atoms with Gasteiger partial charge in [-0.05, 0) is 28.8 Å². The number of carbonyl (C=O) groups excluding carboxylic acids is 1. The van der Waals surface area contributed by atoms with E-state index in [0.717, 1.165) is 19.3 Å². The maximum atomic E-state index is 11.8. The summed E-state index contributed by atoms with van der Waals surface area (Å²) in [7, 11) is 0. The first-order chi connectivity index (χ1) is 10.3. The molecule has 0 bridgehead atoms. The second-order valence-electron chi connectivity index (χ2n) is 4.93. The minimum atomic E-state index is -0.0285. The van der Waals surface area contributed by atoms with Crippen molar-refractivity contribution < 1.29 is 4.79 Å². The van der Waals surface area contributed by atoms with E-state index < -0.39 is 0 Å². The predicted molar refractivity (Wildman–Crippen MR) is 79.6 cm³/mol. The van der Waals surface area contributed by atoms with Crippen LogP contribution >= 0.6 is 0 Å². The van der Waals surface area contributed by atoms with Crippen LogP contribution in [0.1, 0.15) is 31.2 Å². The average Bonchev–Trinajstić information content (AvgIpc) is 2.93. The van der Waals surface area contributed by atoms with Gasteiger partial charge < -0.3 is 5.32 Å². The van der Waals surface area contributed by atoms with Gasteiger partial charge in [-0.2, -0.15) is 0 Å². The van der Waals surface area contributed by atoms with E-state index in [9.17, 15) is 4.79 Å². The molecule has 0 spiro atoms. The number of benzene rings is 1. The molecule has 112 valence electrons. The number of unbranched alkanes of at least 4 members (excludes halogenated alkanes) is 1. The molecule has 1 amide bonds. The highest BCUT2D eigenvalue weighted by atomic mass is 16.1. The van der Waals surface area contributed by atoms with Gasteiger partial charge in [0.1, 0.15) is 0 Å². The first kappa shape index (κ1) is 15.2. The number of rotatable bonds is 8. The van der Waals surface area contributed by atoms with Crippen LogP contribution in [0.25, 0.3) is 0 Å². The lowest BCUT2D eigenvalue weighted by Gasteiger charge is -2.06. The molecular weight excluding hydrogens is 266 g/mol. The normalized spacial score (nSPS) is 10.5. The second kappa shape index (κ2) is 8.14. The molecule has 0 fully saturated rings. The fourth-order valence-corrected chi connectivity index (χ4v) is 2.01. The minimum absolute atomic E-state index is 0.0285. The Morgan fingerprint density at radius 1 is 1.29 bits per heavy atom. The van der Waals surface area contributed by atoms with Gasteiger partial charge in [0, 0.05) is 13.1 Å². The molecule has 0 saturated carbocycles. The van der Waals surface area contributed by atoms with Crippen LogP contribution in [0.4, 0.5) is 0 Å². The number of aryl methyl sites for hydroxylation is 2. The standard InChI is InChI=1S/C15H21N5O/c1-2-3-10-16-15(21)12-14-17-18-19-20(14)11-9-13-7-5-4-6-8-13/h4-8H,2-3,9-12H2,1H3,(H,16,21). The number of carbonyl (C=O) groups is 1. The molecule has 2 rings (SSSR count). The van der Waals surface area contributed by atoms with E-state index in [1.807, 2.05) is 18.2 Å². The van der Waals surface area contributed by atoms with E-state index in [0.29, 0.717) is 18.9 Å². The molecule has 1 aromatic carbocycles. The van der Waals surface area contributed by atoms with Crippen LogP contribution in [0.3, 0.4) is 0 Å². The van der Waals surface area contributed by atoms with E-state index >= 15 is 0 Å². The van der Waals surface area contributed by atoms with Crippen molar-refractivity contribution in [2.75, 3.05) is 6.54 Å². The number of hydrogen-bond donors (Lipinski definition) is 1. The third-order valence-corrected chi connectivity index (χ3v) is 3.23. The van der Waals surface area contributed by atoms with Crippen molar-refractivity contribution in [1.29, 1.82) is 0 Å². The van der Waals surface area contributed by atoms with Gasteiger partial charge in [-0.3, -0.25) is 4.79 Å². The van der Waals surface area contributed by atoms with Crippen LogP contribution < -0.4 is 5.32 Å². The molecule has 0 aliphatic carbocycles. The van der Waals surface area contributed by atoms with E-state index in [1.54, 1.807) is 4.68 Å². The molecule has 0 radical (unpaired) electrons. The highest BCUT2D eigenvalue weighted by molar-refractivity contribution is 5.77. The number of hydrogen-bond acceptors (Lipinski definition) is 4. The lowest BCUT2D eigenvalue weighted by Crippen LogP contribution is -2.27. The number of tetrazole rings is 1. The van der Waals surface area contributed by atoms with Crippen molar-refractivity contribution in [2.24, 2.45) is 0 Å². The molecule has 0 aliphatic heterocycles. The largest absolute Gasteiger partial charge is 0.356 e. The topological polar surface area (TPSA) is 72.7 Å². The summed E-state index contributed by atoms with van der Waals surface area (Å²) in [6.07, 6.45) is 3.13. The third-order valence-electron chi connectivity index (χ3n) is 3.23. The summed E-state index contributed by atoms with van der Waals surface area (Å²) in [5.74, 6) is 0.583. The highest BCUT2D eigenvalue weighted by Gasteiger charge is 2.11.